The lowest BCUT2D eigenvalue weighted by Crippen LogP contribution is -2.15. The van der Waals surface area contributed by atoms with Crippen LogP contribution in [0.3, 0.4) is 0 Å². The van der Waals surface area contributed by atoms with Crippen LogP contribution in [0.4, 0.5) is 0 Å². The third-order valence-electron chi connectivity index (χ3n) is 3.16. The number of hydrogen-bond acceptors (Lipinski definition) is 3. The van der Waals surface area contributed by atoms with E-state index in [0.717, 1.165) is 16.7 Å². The third kappa shape index (κ3) is 3.06. The fourth-order valence-corrected chi connectivity index (χ4v) is 2.16. The summed E-state index contributed by atoms with van der Waals surface area (Å²) in [5, 5.41) is 9.93. The van der Waals surface area contributed by atoms with Gasteiger partial charge in [0.2, 0.25) is 0 Å². The van der Waals surface area contributed by atoms with E-state index in [9.17, 15) is 9.90 Å². The van der Waals surface area contributed by atoms with E-state index in [1.165, 1.54) is 0 Å². The van der Waals surface area contributed by atoms with Crippen molar-refractivity contribution in [2.75, 3.05) is 6.61 Å². The lowest BCUT2D eigenvalue weighted by atomic mass is 9.97. The maximum atomic E-state index is 11.5. The van der Waals surface area contributed by atoms with Gasteiger partial charge in [0, 0.05) is 0 Å². The van der Waals surface area contributed by atoms with Gasteiger partial charge in [-0.3, -0.25) is 0 Å². The Hall–Kier alpha value is -2.13. The number of aliphatic hydroxyl groups excluding tert-OH is 1. The van der Waals surface area contributed by atoms with Crippen LogP contribution in [0.15, 0.2) is 48.5 Å². The van der Waals surface area contributed by atoms with Crippen LogP contribution in [0.2, 0.25) is 0 Å². The SMILES string of the molecule is CCOC(=O)C(O)c1ccc(-c2ccccc2)c(C)c1. The summed E-state index contributed by atoms with van der Waals surface area (Å²) in [6, 6.07) is 15.5. The molecular weight excluding hydrogens is 252 g/mol. The van der Waals surface area contributed by atoms with Gasteiger partial charge in [0.15, 0.2) is 6.10 Å². The lowest BCUT2D eigenvalue weighted by molar-refractivity contribution is -0.153. The van der Waals surface area contributed by atoms with Gasteiger partial charge in [0.25, 0.3) is 0 Å². The highest BCUT2D eigenvalue weighted by atomic mass is 16.5. The van der Waals surface area contributed by atoms with Crippen LogP contribution in [0.5, 0.6) is 0 Å². The molecule has 0 aliphatic rings. The summed E-state index contributed by atoms with van der Waals surface area (Å²) in [4.78, 5) is 11.5. The van der Waals surface area contributed by atoms with Crippen LogP contribution in [-0.2, 0) is 9.53 Å². The second kappa shape index (κ2) is 6.35. The van der Waals surface area contributed by atoms with E-state index in [1.807, 2.05) is 49.4 Å². The van der Waals surface area contributed by atoms with Crippen molar-refractivity contribution in [2.24, 2.45) is 0 Å². The molecule has 0 saturated carbocycles. The molecule has 2 aromatic rings. The van der Waals surface area contributed by atoms with Crippen molar-refractivity contribution in [3.05, 3.63) is 59.7 Å². The van der Waals surface area contributed by atoms with Crippen molar-refractivity contribution in [1.29, 1.82) is 0 Å². The molecule has 1 unspecified atom stereocenters. The van der Waals surface area contributed by atoms with Crippen LogP contribution in [-0.4, -0.2) is 17.7 Å². The fraction of sp³-hybridized carbons (Fsp3) is 0.235. The van der Waals surface area contributed by atoms with Gasteiger partial charge in [-0.15, -0.1) is 0 Å². The Morgan fingerprint density at radius 3 is 2.50 bits per heavy atom. The van der Waals surface area contributed by atoms with E-state index in [-0.39, 0.29) is 6.61 Å². The molecule has 0 radical (unpaired) electrons. The topological polar surface area (TPSA) is 46.5 Å². The zero-order chi connectivity index (χ0) is 14.5. The predicted molar refractivity (Wildman–Crippen MR) is 78.2 cm³/mol. The van der Waals surface area contributed by atoms with Crippen molar-refractivity contribution < 1.29 is 14.6 Å². The van der Waals surface area contributed by atoms with E-state index in [0.29, 0.717) is 5.56 Å². The van der Waals surface area contributed by atoms with Gasteiger partial charge < -0.3 is 9.84 Å². The Kier molecular flexibility index (Phi) is 4.53. The summed E-state index contributed by atoms with van der Waals surface area (Å²) >= 11 is 0. The number of rotatable bonds is 4. The first kappa shape index (κ1) is 14.3. The molecule has 0 fully saturated rings. The van der Waals surface area contributed by atoms with E-state index >= 15 is 0 Å². The zero-order valence-electron chi connectivity index (χ0n) is 11.7. The maximum Gasteiger partial charge on any atom is 0.339 e. The lowest BCUT2D eigenvalue weighted by Gasteiger charge is -2.13. The number of esters is 1. The second-order valence-electron chi connectivity index (χ2n) is 4.59. The molecule has 3 heteroatoms. The molecule has 2 aromatic carbocycles. The van der Waals surface area contributed by atoms with Gasteiger partial charge in [-0.2, -0.15) is 0 Å². The molecule has 3 nitrogen and oxygen atoms in total. The summed E-state index contributed by atoms with van der Waals surface area (Å²) in [6.45, 7) is 3.94. The van der Waals surface area contributed by atoms with Gasteiger partial charge in [-0.25, -0.2) is 4.79 Å². The number of aliphatic hydroxyl groups is 1. The fourth-order valence-electron chi connectivity index (χ4n) is 2.16. The summed E-state index contributed by atoms with van der Waals surface area (Å²) < 4.78 is 4.82. The highest BCUT2D eigenvalue weighted by Crippen LogP contribution is 2.26. The summed E-state index contributed by atoms with van der Waals surface area (Å²) in [6.07, 6.45) is -1.22. The first-order valence-electron chi connectivity index (χ1n) is 6.64. The van der Waals surface area contributed by atoms with Crippen molar-refractivity contribution in [3.8, 4) is 11.1 Å². The number of ether oxygens (including phenoxy) is 1. The Labute approximate surface area is 118 Å². The Balaban J connectivity index is 2.29. The monoisotopic (exact) mass is 270 g/mol. The molecule has 0 amide bonds. The minimum absolute atomic E-state index is 0.261. The van der Waals surface area contributed by atoms with Crippen molar-refractivity contribution in [2.45, 2.75) is 20.0 Å². The van der Waals surface area contributed by atoms with Crippen LogP contribution in [0.1, 0.15) is 24.2 Å². The first-order chi connectivity index (χ1) is 9.63. The van der Waals surface area contributed by atoms with Gasteiger partial charge in [-0.1, -0.05) is 48.5 Å². The Morgan fingerprint density at radius 1 is 1.20 bits per heavy atom. The molecule has 1 N–H and O–H groups in total. The largest absolute Gasteiger partial charge is 0.464 e. The number of carbonyl (C=O) groups excluding carboxylic acids is 1. The highest BCUT2D eigenvalue weighted by Gasteiger charge is 2.19. The second-order valence-corrected chi connectivity index (χ2v) is 4.59. The van der Waals surface area contributed by atoms with E-state index in [4.69, 9.17) is 4.74 Å². The number of benzene rings is 2. The third-order valence-corrected chi connectivity index (χ3v) is 3.16. The smallest absolute Gasteiger partial charge is 0.339 e. The van der Waals surface area contributed by atoms with Crippen LogP contribution < -0.4 is 0 Å². The van der Waals surface area contributed by atoms with Crippen molar-refractivity contribution in [1.82, 2.24) is 0 Å². The highest BCUT2D eigenvalue weighted by molar-refractivity contribution is 5.77. The molecule has 2 rings (SSSR count). The minimum atomic E-state index is -1.22. The molecule has 0 heterocycles. The molecule has 0 aliphatic heterocycles. The molecule has 0 aliphatic carbocycles. The molecule has 0 bridgehead atoms. The molecule has 0 spiro atoms. The van der Waals surface area contributed by atoms with Gasteiger partial charge in [-0.05, 0) is 36.1 Å². The Bertz CT molecular complexity index is 590. The maximum absolute atomic E-state index is 11.5. The Morgan fingerprint density at radius 2 is 1.90 bits per heavy atom. The molecule has 1 atom stereocenters. The zero-order valence-corrected chi connectivity index (χ0v) is 11.7. The minimum Gasteiger partial charge on any atom is -0.464 e. The number of carbonyl (C=O) groups is 1. The molecular formula is C17H18O3. The predicted octanol–water partition coefficient (Wildman–Crippen LogP) is 3.26. The average molecular weight is 270 g/mol. The number of hydrogen-bond donors (Lipinski definition) is 1. The van der Waals surface area contributed by atoms with Gasteiger partial charge in [0.05, 0.1) is 6.61 Å². The average Bonchev–Trinajstić information content (AvgIpc) is 2.47. The quantitative estimate of drug-likeness (QED) is 0.867. The summed E-state index contributed by atoms with van der Waals surface area (Å²) in [5.74, 6) is -0.612. The number of aryl methyl sites for hydroxylation is 1. The van der Waals surface area contributed by atoms with Gasteiger partial charge >= 0.3 is 5.97 Å². The van der Waals surface area contributed by atoms with Crippen molar-refractivity contribution in [3.63, 3.8) is 0 Å². The van der Waals surface area contributed by atoms with Crippen LogP contribution in [0, 0.1) is 6.92 Å². The van der Waals surface area contributed by atoms with Crippen molar-refractivity contribution >= 4 is 5.97 Å². The molecule has 104 valence electrons. The van der Waals surface area contributed by atoms with Crippen LogP contribution >= 0.6 is 0 Å². The van der Waals surface area contributed by atoms with Gasteiger partial charge in [0.1, 0.15) is 0 Å². The molecule has 0 saturated heterocycles. The van der Waals surface area contributed by atoms with E-state index in [1.54, 1.807) is 13.0 Å². The molecule has 0 aromatic heterocycles. The summed E-state index contributed by atoms with van der Waals surface area (Å²) in [7, 11) is 0. The standard InChI is InChI=1S/C17H18O3/c1-3-20-17(19)16(18)14-9-10-15(12(2)11-14)13-7-5-4-6-8-13/h4-11,16,18H,3H2,1-2H3. The molecule has 20 heavy (non-hydrogen) atoms. The van der Waals surface area contributed by atoms with E-state index in [2.05, 4.69) is 0 Å². The van der Waals surface area contributed by atoms with E-state index < -0.39 is 12.1 Å². The normalized spacial score (nSPS) is 11.9. The first-order valence-corrected chi connectivity index (χ1v) is 6.64. The summed E-state index contributed by atoms with van der Waals surface area (Å²) in [5.41, 5.74) is 3.77. The van der Waals surface area contributed by atoms with Crippen LogP contribution in [0.25, 0.3) is 11.1 Å².